The molecule has 7 rings (SSSR count). The number of carbonyl (C=O) groups excluding carboxylic acids is 2. The van der Waals surface area contributed by atoms with E-state index in [4.69, 9.17) is 20.4 Å². The molecular formula is C31H37N7O3. The average molecular weight is 556 g/mol. The SMILES string of the molecule is CCN(C(=O)OC)c1ccc2cc(-c3nc4cc(C(=O)N5CCC[C@@H](N)C5)ccc4n3C3CC3)n(CC3CC3)c2n1. The predicted octanol–water partition coefficient (Wildman–Crippen LogP) is 4.95. The largest absolute Gasteiger partial charge is 0.452 e. The zero-order chi connectivity index (χ0) is 28.2. The summed E-state index contributed by atoms with van der Waals surface area (Å²) in [5.74, 6) is 2.12. The van der Waals surface area contributed by atoms with Gasteiger partial charge >= 0.3 is 6.09 Å². The van der Waals surface area contributed by atoms with Crippen LogP contribution in [-0.4, -0.2) is 68.8 Å². The summed E-state index contributed by atoms with van der Waals surface area (Å²) in [6.07, 6.45) is 6.10. The van der Waals surface area contributed by atoms with Gasteiger partial charge in [-0.1, -0.05) is 0 Å². The summed E-state index contributed by atoms with van der Waals surface area (Å²) in [7, 11) is 1.39. The lowest BCUT2D eigenvalue weighted by molar-refractivity contribution is 0.0709. The molecule has 3 aliphatic rings. The molecule has 0 radical (unpaired) electrons. The maximum Gasteiger partial charge on any atom is 0.415 e. The topological polar surface area (TPSA) is 112 Å². The van der Waals surface area contributed by atoms with E-state index < -0.39 is 6.09 Å². The van der Waals surface area contributed by atoms with Crippen LogP contribution < -0.4 is 10.6 Å². The first kappa shape index (κ1) is 26.0. The van der Waals surface area contributed by atoms with Crippen molar-refractivity contribution in [3.8, 4) is 11.5 Å². The second-order valence-electron chi connectivity index (χ2n) is 11.8. The van der Waals surface area contributed by atoms with Crippen LogP contribution in [-0.2, 0) is 11.3 Å². The summed E-state index contributed by atoms with van der Waals surface area (Å²) in [5.41, 5.74) is 10.6. The first-order chi connectivity index (χ1) is 19.9. The number of aromatic nitrogens is 4. The third-order valence-corrected chi connectivity index (χ3v) is 8.68. The van der Waals surface area contributed by atoms with E-state index in [-0.39, 0.29) is 11.9 Å². The van der Waals surface area contributed by atoms with E-state index in [0.717, 1.165) is 72.4 Å². The van der Waals surface area contributed by atoms with Gasteiger partial charge in [0.05, 0.1) is 23.8 Å². The molecule has 2 saturated carbocycles. The van der Waals surface area contributed by atoms with Gasteiger partial charge in [-0.3, -0.25) is 9.69 Å². The minimum Gasteiger partial charge on any atom is -0.452 e. The summed E-state index contributed by atoms with van der Waals surface area (Å²) < 4.78 is 9.63. The third-order valence-electron chi connectivity index (χ3n) is 8.68. The van der Waals surface area contributed by atoms with E-state index in [1.807, 2.05) is 36.1 Å². The molecule has 3 fully saturated rings. The van der Waals surface area contributed by atoms with E-state index >= 15 is 0 Å². The van der Waals surface area contributed by atoms with Crippen LogP contribution in [0.25, 0.3) is 33.6 Å². The normalized spacial score (nSPS) is 19.2. The van der Waals surface area contributed by atoms with Gasteiger partial charge in [0.25, 0.3) is 5.91 Å². The van der Waals surface area contributed by atoms with Crippen molar-refractivity contribution >= 4 is 39.9 Å². The average Bonchev–Trinajstić information content (AvgIpc) is 3.92. The zero-order valence-corrected chi connectivity index (χ0v) is 23.8. The Morgan fingerprint density at radius 1 is 1.07 bits per heavy atom. The molecule has 1 aliphatic heterocycles. The standard InChI is InChI=1S/C31H37N7O3/c1-3-36(31(40)41-2)27-13-9-20-16-26(37(28(20)34-27)17-19-6-7-19)29-33-24-15-21(8-12-25(24)38(29)23-10-11-23)30(39)35-14-4-5-22(32)18-35/h8-9,12-13,15-16,19,22-23H,3-7,10-11,14,17-18,32H2,1-2H3/t22-/m1/s1. The van der Waals surface area contributed by atoms with Crippen molar-refractivity contribution in [2.75, 3.05) is 31.6 Å². The predicted molar refractivity (Wildman–Crippen MR) is 158 cm³/mol. The Hall–Kier alpha value is -3.92. The fourth-order valence-electron chi connectivity index (χ4n) is 6.18. The van der Waals surface area contributed by atoms with Gasteiger partial charge in [-0.2, -0.15) is 0 Å². The number of nitrogens with zero attached hydrogens (tertiary/aromatic N) is 6. The van der Waals surface area contributed by atoms with Crippen molar-refractivity contribution in [2.45, 2.75) is 64.1 Å². The first-order valence-electron chi connectivity index (χ1n) is 14.9. The van der Waals surface area contributed by atoms with Gasteiger partial charge in [-0.05, 0) is 87.8 Å². The zero-order valence-electron chi connectivity index (χ0n) is 23.8. The molecule has 10 heteroatoms. The number of pyridine rings is 1. The van der Waals surface area contributed by atoms with Gasteiger partial charge in [0, 0.05) is 49.2 Å². The highest BCUT2D eigenvalue weighted by atomic mass is 16.5. The Morgan fingerprint density at radius 2 is 1.90 bits per heavy atom. The monoisotopic (exact) mass is 555 g/mol. The van der Waals surface area contributed by atoms with Crippen LogP contribution in [0.15, 0.2) is 36.4 Å². The molecule has 41 heavy (non-hydrogen) atoms. The van der Waals surface area contributed by atoms with Gasteiger partial charge in [0.15, 0.2) is 5.82 Å². The quantitative estimate of drug-likeness (QED) is 0.345. The lowest BCUT2D eigenvalue weighted by Gasteiger charge is -2.30. The number of amides is 2. The van der Waals surface area contributed by atoms with E-state index in [9.17, 15) is 9.59 Å². The van der Waals surface area contributed by atoms with Crippen molar-refractivity contribution in [3.05, 3.63) is 42.0 Å². The minimum atomic E-state index is -0.424. The molecule has 1 aromatic carbocycles. The molecule has 3 aromatic heterocycles. The summed E-state index contributed by atoms with van der Waals surface area (Å²) in [5, 5.41) is 1.01. The number of carbonyl (C=O) groups is 2. The summed E-state index contributed by atoms with van der Waals surface area (Å²) in [4.78, 5) is 39.3. The molecule has 2 aliphatic carbocycles. The number of hydrogen-bond donors (Lipinski definition) is 1. The number of hydrogen-bond acceptors (Lipinski definition) is 6. The van der Waals surface area contributed by atoms with Crippen molar-refractivity contribution in [2.24, 2.45) is 11.7 Å². The van der Waals surface area contributed by atoms with Gasteiger partial charge in [-0.15, -0.1) is 0 Å². The fraction of sp³-hybridized carbons (Fsp3) is 0.484. The van der Waals surface area contributed by atoms with Crippen LogP contribution in [0.4, 0.5) is 10.6 Å². The molecule has 214 valence electrons. The van der Waals surface area contributed by atoms with Gasteiger partial charge < -0.3 is 24.5 Å². The Balaban J connectivity index is 1.34. The molecular weight excluding hydrogens is 518 g/mol. The smallest absolute Gasteiger partial charge is 0.415 e. The number of likely N-dealkylation sites (tertiary alicyclic amines) is 1. The van der Waals surface area contributed by atoms with Gasteiger partial charge in [-0.25, -0.2) is 14.8 Å². The molecule has 2 N–H and O–H groups in total. The molecule has 4 heterocycles. The molecule has 1 atom stereocenters. The maximum atomic E-state index is 13.4. The number of imidazole rings is 1. The van der Waals surface area contributed by atoms with Crippen LogP contribution in [0.5, 0.6) is 0 Å². The number of fused-ring (bicyclic) bond motifs is 2. The second kappa shape index (κ2) is 10.2. The Kier molecular flexibility index (Phi) is 6.45. The number of rotatable bonds is 7. The van der Waals surface area contributed by atoms with Crippen LogP contribution in [0.2, 0.25) is 0 Å². The highest BCUT2D eigenvalue weighted by Crippen LogP contribution is 2.43. The molecule has 0 unspecified atom stereocenters. The first-order valence-corrected chi connectivity index (χ1v) is 14.9. The Bertz CT molecular complexity index is 1650. The summed E-state index contributed by atoms with van der Waals surface area (Å²) in [6.45, 7) is 4.57. The van der Waals surface area contributed by atoms with Crippen LogP contribution in [0, 0.1) is 5.92 Å². The number of benzene rings is 1. The molecule has 0 bridgehead atoms. The maximum absolute atomic E-state index is 13.4. The lowest BCUT2D eigenvalue weighted by Crippen LogP contribution is -2.45. The van der Waals surface area contributed by atoms with Crippen molar-refractivity contribution in [1.29, 1.82) is 0 Å². The van der Waals surface area contributed by atoms with E-state index in [1.165, 1.54) is 20.0 Å². The number of ether oxygens (including phenoxy) is 1. The van der Waals surface area contributed by atoms with E-state index in [0.29, 0.717) is 36.4 Å². The second-order valence-corrected chi connectivity index (χ2v) is 11.8. The molecule has 2 amide bonds. The Morgan fingerprint density at radius 3 is 2.61 bits per heavy atom. The molecule has 10 nitrogen and oxygen atoms in total. The molecule has 4 aromatic rings. The van der Waals surface area contributed by atoms with E-state index in [2.05, 4.69) is 21.3 Å². The number of piperidine rings is 1. The summed E-state index contributed by atoms with van der Waals surface area (Å²) >= 11 is 0. The van der Waals surface area contributed by atoms with Crippen LogP contribution >= 0.6 is 0 Å². The molecule has 0 spiro atoms. The van der Waals surface area contributed by atoms with Crippen molar-refractivity contribution in [3.63, 3.8) is 0 Å². The Labute approximate surface area is 239 Å². The number of anilines is 1. The number of nitrogens with two attached hydrogens (primary N) is 1. The van der Waals surface area contributed by atoms with Gasteiger partial charge in [0.1, 0.15) is 11.5 Å². The van der Waals surface area contributed by atoms with E-state index in [1.54, 1.807) is 4.90 Å². The lowest BCUT2D eigenvalue weighted by atomic mass is 10.1. The summed E-state index contributed by atoms with van der Waals surface area (Å²) in [6, 6.07) is 12.4. The van der Waals surface area contributed by atoms with Crippen molar-refractivity contribution in [1.82, 2.24) is 24.0 Å². The van der Waals surface area contributed by atoms with Crippen LogP contribution in [0.3, 0.4) is 0 Å². The number of methoxy groups -OCH3 is 1. The highest BCUT2D eigenvalue weighted by Gasteiger charge is 2.32. The third kappa shape index (κ3) is 4.73. The van der Waals surface area contributed by atoms with Crippen molar-refractivity contribution < 1.29 is 14.3 Å². The van der Waals surface area contributed by atoms with Crippen LogP contribution in [0.1, 0.15) is 61.8 Å². The van der Waals surface area contributed by atoms with Gasteiger partial charge in [0.2, 0.25) is 0 Å². The minimum absolute atomic E-state index is 0.0234. The fourth-order valence-corrected chi connectivity index (χ4v) is 6.18. The highest BCUT2D eigenvalue weighted by molar-refractivity contribution is 5.98. The molecule has 1 saturated heterocycles.